The van der Waals surface area contributed by atoms with Crippen LogP contribution in [0.3, 0.4) is 0 Å². The van der Waals surface area contributed by atoms with Gasteiger partial charge >= 0.3 is 12.1 Å². The van der Waals surface area contributed by atoms with E-state index in [1.54, 1.807) is 0 Å². The van der Waals surface area contributed by atoms with Crippen molar-refractivity contribution in [2.24, 2.45) is 5.92 Å². The van der Waals surface area contributed by atoms with E-state index in [-0.39, 0.29) is 37.0 Å². The largest absolute Gasteiger partial charge is 0.414 e. The van der Waals surface area contributed by atoms with Gasteiger partial charge in [0.05, 0.1) is 10.5 Å². The van der Waals surface area contributed by atoms with Gasteiger partial charge in [0, 0.05) is 19.1 Å². The second-order valence-electron chi connectivity index (χ2n) is 9.18. The van der Waals surface area contributed by atoms with E-state index in [9.17, 15) is 31.5 Å². The highest BCUT2D eigenvalue weighted by atomic mass is 32.2. The highest BCUT2D eigenvalue weighted by Gasteiger charge is 2.38. The summed E-state index contributed by atoms with van der Waals surface area (Å²) in [5, 5.41) is 8.41. The van der Waals surface area contributed by atoms with Crippen molar-refractivity contribution in [3.63, 3.8) is 0 Å². The Kier molecular flexibility index (Phi) is 12.1. The molecule has 36 heavy (non-hydrogen) atoms. The number of rotatable bonds is 14. The molecule has 204 valence electrons. The van der Waals surface area contributed by atoms with Crippen molar-refractivity contribution in [3.05, 3.63) is 29.6 Å². The monoisotopic (exact) mass is 538 g/mol. The molecule has 4 N–H and O–H groups in total. The molecular formula is C23H34F4N4O4S. The van der Waals surface area contributed by atoms with Crippen LogP contribution in [-0.4, -0.2) is 41.3 Å². The van der Waals surface area contributed by atoms with Crippen LogP contribution in [-0.2, 0) is 26.8 Å². The quantitative estimate of drug-likeness (QED) is 0.213. The standard InChI is InChI=1S/C23H34F4N4O4S/c1-15(2)13-19(31-22(33)30-17-7-3-4-8-17)21(32)28-11-5-6-12-29-36(34)20-10-9-16(24)14-18(20)23(25,26)35-27/h9-10,14-15,17,19,29H,3-8,11-13H2,1-2H3,(H,28,32)(H2,30,31,33). The van der Waals surface area contributed by atoms with Gasteiger partial charge in [-0.05, 0) is 60.7 Å². The van der Waals surface area contributed by atoms with Gasteiger partial charge in [0.1, 0.15) is 22.8 Å². The lowest BCUT2D eigenvalue weighted by atomic mass is 10.0. The maximum Gasteiger partial charge on any atom is 0.414 e. The second kappa shape index (κ2) is 14.5. The highest BCUT2D eigenvalue weighted by molar-refractivity contribution is 7.83. The van der Waals surface area contributed by atoms with E-state index in [1.165, 1.54) is 0 Å². The van der Waals surface area contributed by atoms with E-state index in [0.29, 0.717) is 25.3 Å². The molecule has 0 heterocycles. The van der Waals surface area contributed by atoms with Crippen LogP contribution in [0.15, 0.2) is 23.1 Å². The summed E-state index contributed by atoms with van der Waals surface area (Å²) in [6.45, 7) is 4.30. The number of amides is 3. The van der Waals surface area contributed by atoms with Crippen LogP contribution in [0.4, 0.5) is 22.5 Å². The minimum Gasteiger partial charge on any atom is -0.354 e. The van der Waals surface area contributed by atoms with E-state index >= 15 is 0 Å². The van der Waals surface area contributed by atoms with Crippen molar-refractivity contribution in [2.75, 3.05) is 13.1 Å². The van der Waals surface area contributed by atoms with Crippen LogP contribution >= 0.6 is 0 Å². The van der Waals surface area contributed by atoms with Crippen LogP contribution in [0.25, 0.3) is 0 Å². The second-order valence-corrected chi connectivity index (χ2v) is 10.4. The Morgan fingerprint density at radius 3 is 2.47 bits per heavy atom. The molecule has 2 rings (SSSR count). The summed E-state index contributed by atoms with van der Waals surface area (Å²) in [5.74, 6) is -1.19. The molecule has 8 nitrogen and oxygen atoms in total. The maximum atomic E-state index is 13.6. The number of halogens is 4. The van der Waals surface area contributed by atoms with Crippen molar-refractivity contribution in [1.29, 1.82) is 0 Å². The number of unbranched alkanes of at least 4 members (excludes halogenated alkanes) is 1. The van der Waals surface area contributed by atoms with Crippen molar-refractivity contribution < 1.29 is 36.4 Å². The summed E-state index contributed by atoms with van der Waals surface area (Å²) in [4.78, 5) is 27.0. The fraction of sp³-hybridized carbons (Fsp3) is 0.652. The summed E-state index contributed by atoms with van der Waals surface area (Å²) >= 11 is 0. The molecule has 13 heteroatoms. The predicted octanol–water partition coefficient (Wildman–Crippen LogP) is 3.94. The van der Waals surface area contributed by atoms with E-state index in [1.807, 2.05) is 13.8 Å². The van der Waals surface area contributed by atoms with Crippen LogP contribution in [0.1, 0.15) is 64.4 Å². The lowest BCUT2D eigenvalue weighted by molar-refractivity contribution is -0.365. The molecule has 0 radical (unpaired) electrons. The molecule has 0 spiro atoms. The Hall–Kier alpha value is -2.25. The van der Waals surface area contributed by atoms with Gasteiger partial charge in [-0.3, -0.25) is 4.79 Å². The third-order valence-corrected chi connectivity index (χ3v) is 6.93. The number of nitrogens with one attached hydrogen (secondary N) is 4. The van der Waals surface area contributed by atoms with Gasteiger partial charge in [-0.15, -0.1) is 4.94 Å². The third kappa shape index (κ3) is 9.66. The fourth-order valence-corrected chi connectivity index (χ4v) is 4.97. The van der Waals surface area contributed by atoms with Gasteiger partial charge in [-0.1, -0.05) is 26.7 Å². The smallest absolute Gasteiger partial charge is 0.354 e. The topological polar surface area (TPSA) is 109 Å². The first kappa shape index (κ1) is 30.0. The summed E-state index contributed by atoms with van der Waals surface area (Å²) in [6, 6.07) is 1.14. The molecule has 1 fully saturated rings. The van der Waals surface area contributed by atoms with Crippen molar-refractivity contribution in [1.82, 2.24) is 20.7 Å². The minimum atomic E-state index is -4.45. The first-order valence-electron chi connectivity index (χ1n) is 12.0. The molecule has 1 aliphatic rings. The van der Waals surface area contributed by atoms with Crippen molar-refractivity contribution >= 4 is 22.9 Å². The SMILES string of the molecule is CC(C)CC(NC(=O)NC1CCCC1)C(=O)NCCCCNS(=O)c1ccc(F)cc1C(F)(F)OF. The van der Waals surface area contributed by atoms with E-state index in [4.69, 9.17) is 0 Å². The maximum absolute atomic E-state index is 13.6. The number of urea groups is 1. The van der Waals surface area contributed by atoms with Crippen LogP contribution in [0.2, 0.25) is 0 Å². The fourth-order valence-electron chi connectivity index (χ4n) is 3.92. The molecule has 0 aliphatic heterocycles. The first-order valence-corrected chi connectivity index (χ1v) is 13.2. The molecule has 1 saturated carbocycles. The number of alkyl halides is 2. The number of hydrogen-bond acceptors (Lipinski definition) is 4. The zero-order valence-electron chi connectivity index (χ0n) is 20.4. The van der Waals surface area contributed by atoms with Gasteiger partial charge in [-0.25, -0.2) is 18.1 Å². The van der Waals surface area contributed by atoms with E-state index in [2.05, 4.69) is 25.6 Å². The Balaban J connectivity index is 1.76. The molecule has 0 aromatic heterocycles. The number of carbonyl (C=O) groups excluding carboxylic acids is 2. The zero-order valence-corrected chi connectivity index (χ0v) is 21.2. The first-order chi connectivity index (χ1) is 17.0. The summed E-state index contributed by atoms with van der Waals surface area (Å²) < 4.78 is 67.6. The zero-order chi connectivity index (χ0) is 26.7. The van der Waals surface area contributed by atoms with Gasteiger partial charge in [0.2, 0.25) is 5.91 Å². The molecule has 2 unspecified atom stereocenters. The van der Waals surface area contributed by atoms with Crippen LogP contribution < -0.4 is 20.7 Å². The predicted molar refractivity (Wildman–Crippen MR) is 126 cm³/mol. The molecule has 1 aromatic carbocycles. The van der Waals surface area contributed by atoms with Gasteiger partial charge in [0.15, 0.2) is 0 Å². The molecule has 2 atom stereocenters. The van der Waals surface area contributed by atoms with E-state index < -0.39 is 39.4 Å². The molecule has 1 aromatic rings. The molecular weight excluding hydrogens is 504 g/mol. The Morgan fingerprint density at radius 1 is 1.17 bits per heavy atom. The third-order valence-electron chi connectivity index (χ3n) is 5.71. The normalized spacial score (nSPS) is 16.1. The summed E-state index contributed by atoms with van der Waals surface area (Å²) in [5.41, 5.74) is -1.18. The average molecular weight is 539 g/mol. The van der Waals surface area contributed by atoms with E-state index in [0.717, 1.165) is 37.8 Å². The van der Waals surface area contributed by atoms with Crippen molar-refractivity contribution in [3.8, 4) is 0 Å². The van der Waals surface area contributed by atoms with Crippen molar-refractivity contribution in [2.45, 2.75) is 81.9 Å². The number of benzene rings is 1. The molecule has 3 amide bonds. The average Bonchev–Trinajstić information content (AvgIpc) is 3.33. The van der Waals surface area contributed by atoms with Gasteiger partial charge in [-0.2, -0.15) is 8.78 Å². The van der Waals surface area contributed by atoms with Gasteiger partial charge < -0.3 is 16.0 Å². The molecule has 0 saturated heterocycles. The Labute approximate surface area is 210 Å². The lowest BCUT2D eigenvalue weighted by Gasteiger charge is -2.22. The van der Waals surface area contributed by atoms with Crippen LogP contribution in [0, 0.1) is 11.7 Å². The van der Waals surface area contributed by atoms with Crippen LogP contribution in [0.5, 0.6) is 0 Å². The highest BCUT2D eigenvalue weighted by Crippen LogP contribution is 2.34. The van der Waals surface area contributed by atoms with Gasteiger partial charge in [0.25, 0.3) is 0 Å². The minimum absolute atomic E-state index is 0.124. The summed E-state index contributed by atoms with van der Waals surface area (Å²) in [7, 11) is -2.17. The molecule has 0 bridgehead atoms. The summed E-state index contributed by atoms with van der Waals surface area (Å²) in [6.07, 6.45) is 0.927. The Morgan fingerprint density at radius 2 is 1.83 bits per heavy atom. The molecule has 1 aliphatic carbocycles. The lowest BCUT2D eigenvalue weighted by Crippen LogP contribution is -2.52. The number of hydrogen-bond donors (Lipinski definition) is 4. The number of carbonyl (C=O) groups is 2. The Bertz CT molecular complexity index is 901.